The summed E-state index contributed by atoms with van der Waals surface area (Å²) in [7, 11) is 0. The van der Waals surface area contributed by atoms with E-state index < -0.39 is 41.1 Å². The molecule has 1 aliphatic heterocycles. The van der Waals surface area contributed by atoms with Gasteiger partial charge in [0.05, 0.1) is 6.61 Å². The number of aromatic nitrogens is 2. The molecule has 1 aromatic heterocycles. The number of aliphatic hydroxyl groups is 2. The fourth-order valence-electron chi connectivity index (χ4n) is 2.80. The summed E-state index contributed by atoms with van der Waals surface area (Å²) in [6.07, 6.45) is 1.38. The average Bonchev–Trinajstić information content (AvgIpc) is 2.73. The lowest BCUT2D eigenvalue weighted by atomic mass is 9.87. The molecule has 8 heteroatoms. The Morgan fingerprint density at radius 3 is 2.77 bits per heavy atom. The Labute approximate surface area is 125 Å². The first kappa shape index (κ1) is 16.3. The fourth-order valence-corrected chi connectivity index (χ4v) is 2.80. The minimum atomic E-state index is -1.92. The highest BCUT2D eigenvalue weighted by Gasteiger charge is 2.58. The van der Waals surface area contributed by atoms with Crippen LogP contribution in [-0.2, 0) is 15.3 Å². The highest BCUT2D eigenvalue weighted by Crippen LogP contribution is 2.43. The van der Waals surface area contributed by atoms with Gasteiger partial charge < -0.3 is 14.9 Å². The lowest BCUT2D eigenvalue weighted by molar-refractivity contribution is -0.149. The highest BCUT2D eigenvalue weighted by atomic mass is 16.6. The largest absolute Gasteiger partial charge is 0.394 e. The van der Waals surface area contributed by atoms with Crippen LogP contribution in [0.25, 0.3) is 0 Å². The molecule has 1 fully saturated rings. The second kappa shape index (κ2) is 5.64. The number of rotatable bonds is 5. The van der Waals surface area contributed by atoms with Crippen LogP contribution in [0.5, 0.6) is 0 Å². The molecule has 0 bridgehead atoms. The molecule has 2 rings (SSSR count). The zero-order valence-electron chi connectivity index (χ0n) is 12.1. The molecule has 22 heavy (non-hydrogen) atoms. The van der Waals surface area contributed by atoms with Crippen LogP contribution in [0.15, 0.2) is 34.5 Å². The van der Waals surface area contributed by atoms with E-state index >= 15 is 0 Å². The summed E-state index contributed by atoms with van der Waals surface area (Å²) in [6.45, 7) is 4.19. The number of aromatic amines is 1. The van der Waals surface area contributed by atoms with Crippen molar-refractivity contribution in [3.05, 3.63) is 45.8 Å². The number of hydrogen-bond donors (Lipinski definition) is 3. The Kier molecular flexibility index (Phi) is 4.19. The monoisotopic (exact) mass is 310 g/mol. The number of nitrogens with one attached hydrogen (secondary N) is 1. The molecule has 2 heterocycles. The third-order valence-corrected chi connectivity index (χ3v) is 3.94. The molecule has 3 N–H and O–H groups in total. The Morgan fingerprint density at radius 2 is 2.32 bits per heavy atom. The third kappa shape index (κ3) is 2.45. The topological polar surface area (TPSA) is 122 Å². The Bertz CT molecular complexity index is 708. The summed E-state index contributed by atoms with van der Waals surface area (Å²) in [4.78, 5) is 37.1. The van der Waals surface area contributed by atoms with Crippen LogP contribution in [0, 0.1) is 0 Å². The molecule has 1 aromatic rings. The van der Waals surface area contributed by atoms with Crippen molar-refractivity contribution in [1.29, 1.82) is 0 Å². The molecule has 8 nitrogen and oxygen atoms in total. The van der Waals surface area contributed by atoms with E-state index in [1.807, 2.05) is 0 Å². The average molecular weight is 310 g/mol. The van der Waals surface area contributed by atoms with Crippen LogP contribution < -0.4 is 11.2 Å². The van der Waals surface area contributed by atoms with E-state index in [1.54, 1.807) is 0 Å². The summed E-state index contributed by atoms with van der Waals surface area (Å²) < 4.78 is 6.77. The molecule has 3 atom stereocenters. The molecular weight excluding hydrogens is 292 g/mol. The van der Waals surface area contributed by atoms with Crippen LogP contribution in [0.3, 0.4) is 0 Å². The Morgan fingerprint density at radius 1 is 1.64 bits per heavy atom. The van der Waals surface area contributed by atoms with Gasteiger partial charge in [-0.3, -0.25) is 19.1 Å². The molecule has 0 aliphatic carbocycles. The predicted molar refractivity (Wildman–Crippen MR) is 76.3 cm³/mol. The maximum atomic E-state index is 12.0. The van der Waals surface area contributed by atoms with E-state index in [9.17, 15) is 24.6 Å². The van der Waals surface area contributed by atoms with Crippen molar-refractivity contribution in [1.82, 2.24) is 9.55 Å². The second-order valence-electron chi connectivity index (χ2n) is 5.37. The van der Waals surface area contributed by atoms with E-state index in [4.69, 9.17) is 4.74 Å². The molecule has 0 saturated carbocycles. The van der Waals surface area contributed by atoms with Gasteiger partial charge >= 0.3 is 5.69 Å². The predicted octanol–water partition coefficient (Wildman–Crippen LogP) is -1.13. The molecule has 1 saturated heterocycles. The first-order chi connectivity index (χ1) is 10.3. The van der Waals surface area contributed by atoms with E-state index in [0.29, 0.717) is 0 Å². The summed E-state index contributed by atoms with van der Waals surface area (Å²) in [5.74, 6) is -0.574. The molecular formula is C14H18N2O6. The van der Waals surface area contributed by atoms with Crippen LogP contribution >= 0.6 is 0 Å². The van der Waals surface area contributed by atoms with Crippen molar-refractivity contribution in [3.63, 3.8) is 0 Å². The SMILES string of the molecule is C=CC[C@]1(n2ccc(=O)[nH]c2=O)C[C@@](O)(C(C)=O)[C@@H](CO)O1. The van der Waals surface area contributed by atoms with Gasteiger partial charge in [-0.15, -0.1) is 6.58 Å². The Balaban J connectivity index is 2.60. The first-order valence-electron chi connectivity index (χ1n) is 6.74. The first-order valence-corrected chi connectivity index (χ1v) is 6.74. The van der Waals surface area contributed by atoms with E-state index in [-0.39, 0.29) is 12.8 Å². The van der Waals surface area contributed by atoms with Crippen molar-refractivity contribution in [2.75, 3.05) is 6.61 Å². The number of ketones is 1. The zero-order chi connectivity index (χ0) is 16.5. The van der Waals surface area contributed by atoms with Gasteiger partial charge in [-0.25, -0.2) is 4.79 Å². The number of carbonyl (C=O) groups is 1. The van der Waals surface area contributed by atoms with Gasteiger partial charge in [0, 0.05) is 25.1 Å². The van der Waals surface area contributed by atoms with E-state index in [0.717, 1.165) is 10.6 Å². The van der Waals surface area contributed by atoms with Crippen LogP contribution in [0.1, 0.15) is 19.8 Å². The molecule has 0 unspecified atom stereocenters. The molecule has 0 amide bonds. The standard InChI is InChI=1S/C14H18N2O6/c1-3-5-13(16-6-4-11(19)15-12(16)20)8-14(21,9(2)18)10(7-17)22-13/h3-4,6,10,17,21H,1,5,7-8H2,2H3,(H,15,19,20)/t10-,13-,14-/m1/s1. The fraction of sp³-hybridized carbons (Fsp3) is 0.500. The molecule has 0 aromatic carbocycles. The van der Waals surface area contributed by atoms with Crippen LogP contribution in [0.4, 0.5) is 0 Å². The number of aliphatic hydroxyl groups excluding tert-OH is 1. The third-order valence-electron chi connectivity index (χ3n) is 3.94. The summed E-state index contributed by atoms with van der Waals surface area (Å²) in [5, 5.41) is 19.9. The molecule has 120 valence electrons. The normalized spacial score (nSPS) is 31.1. The minimum absolute atomic E-state index is 0.102. The van der Waals surface area contributed by atoms with E-state index in [1.165, 1.54) is 19.2 Å². The molecule has 0 spiro atoms. The zero-order valence-corrected chi connectivity index (χ0v) is 12.1. The number of ether oxygens (including phenoxy) is 1. The van der Waals surface area contributed by atoms with Gasteiger partial charge in [0.1, 0.15) is 6.10 Å². The van der Waals surface area contributed by atoms with Gasteiger partial charge in [-0.05, 0) is 6.92 Å². The maximum Gasteiger partial charge on any atom is 0.330 e. The number of H-pyrrole nitrogens is 1. The molecule has 1 aliphatic rings. The smallest absolute Gasteiger partial charge is 0.330 e. The number of hydrogen-bond acceptors (Lipinski definition) is 6. The Hall–Kier alpha value is -2.03. The van der Waals surface area contributed by atoms with Crippen molar-refractivity contribution in [2.24, 2.45) is 0 Å². The minimum Gasteiger partial charge on any atom is -0.394 e. The van der Waals surface area contributed by atoms with Gasteiger partial charge in [0.15, 0.2) is 17.1 Å². The molecule has 0 radical (unpaired) electrons. The van der Waals surface area contributed by atoms with Crippen molar-refractivity contribution in [3.8, 4) is 0 Å². The number of nitrogens with zero attached hydrogens (tertiary/aromatic N) is 1. The second-order valence-corrected chi connectivity index (χ2v) is 5.37. The highest BCUT2D eigenvalue weighted by molar-refractivity contribution is 5.86. The quantitative estimate of drug-likeness (QED) is 0.591. The maximum absolute atomic E-state index is 12.0. The van der Waals surface area contributed by atoms with Crippen LogP contribution in [0.2, 0.25) is 0 Å². The number of carbonyl (C=O) groups excluding carboxylic acids is 1. The van der Waals surface area contributed by atoms with Gasteiger partial charge in [-0.1, -0.05) is 6.08 Å². The van der Waals surface area contributed by atoms with Gasteiger partial charge in [0.2, 0.25) is 0 Å². The van der Waals surface area contributed by atoms with Crippen molar-refractivity contribution < 1.29 is 19.7 Å². The van der Waals surface area contributed by atoms with Gasteiger partial charge in [-0.2, -0.15) is 0 Å². The van der Waals surface area contributed by atoms with Crippen molar-refractivity contribution in [2.45, 2.75) is 37.2 Å². The van der Waals surface area contributed by atoms with E-state index in [2.05, 4.69) is 11.6 Å². The summed E-state index contributed by atoms with van der Waals surface area (Å²) >= 11 is 0. The van der Waals surface area contributed by atoms with Crippen molar-refractivity contribution >= 4 is 5.78 Å². The summed E-state index contributed by atoms with van der Waals surface area (Å²) in [6, 6.07) is 1.13. The van der Waals surface area contributed by atoms with Gasteiger partial charge in [0.25, 0.3) is 5.56 Å². The lowest BCUT2D eigenvalue weighted by Crippen LogP contribution is -2.47. The number of Topliss-reactive ketones (excluding diaryl/α,β-unsaturated/α-hetero) is 1. The lowest BCUT2D eigenvalue weighted by Gasteiger charge is -2.29. The van der Waals surface area contributed by atoms with Crippen LogP contribution in [-0.4, -0.2) is 43.9 Å². The summed E-state index contributed by atoms with van der Waals surface area (Å²) in [5.41, 5.74) is -4.64.